The van der Waals surface area contributed by atoms with Gasteiger partial charge in [0.25, 0.3) is 0 Å². The van der Waals surface area contributed by atoms with Crippen LogP contribution in [0.15, 0.2) is 59.3 Å². The van der Waals surface area contributed by atoms with Crippen LogP contribution in [0.3, 0.4) is 0 Å². The lowest BCUT2D eigenvalue weighted by atomic mass is 10.1. The lowest BCUT2D eigenvalue weighted by Gasteiger charge is -2.08. The molecule has 2 aromatic heterocycles. The first-order valence-corrected chi connectivity index (χ1v) is 5.41. The average molecular weight is 225 g/mol. The molecule has 3 rings (SSSR count). The van der Waals surface area contributed by atoms with Crippen LogP contribution in [0, 0.1) is 0 Å². The van der Waals surface area contributed by atoms with Crippen LogP contribution in [0.25, 0.3) is 10.9 Å². The molecule has 0 bridgehead atoms. The van der Waals surface area contributed by atoms with E-state index in [0.717, 1.165) is 16.5 Å². The molecule has 0 aliphatic rings. The van der Waals surface area contributed by atoms with Crippen molar-refractivity contribution in [2.75, 3.05) is 0 Å². The van der Waals surface area contributed by atoms with Gasteiger partial charge in [0.1, 0.15) is 11.9 Å². The molecule has 0 fully saturated rings. The molecule has 1 aromatic carbocycles. The van der Waals surface area contributed by atoms with Crippen molar-refractivity contribution in [1.82, 2.24) is 4.98 Å². The van der Waals surface area contributed by atoms with Gasteiger partial charge < -0.3 is 9.52 Å². The largest absolute Gasteiger partial charge is 0.466 e. The zero-order valence-corrected chi connectivity index (χ0v) is 9.08. The molecule has 1 atom stereocenters. The van der Waals surface area contributed by atoms with Gasteiger partial charge >= 0.3 is 0 Å². The van der Waals surface area contributed by atoms with Gasteiger partial charge in [0.05, 0.1) is 11.8 Å². The predicted molar refractivity (Wildman–Crippen MR) is 64.5 cm³/mol. The minimum Gasteiger partial charge on any atom is -0.466 e. The van der Waals surface area contributed by atoms with Gasteiger partial charge in [0.15, 0.2) is 0 Å². The Hall–Kier alpha value is -2.13. The van der Waals surface area contributed by atoms with Crippen LogP contribution in [0.4, 0.5) is 0 Å². The van der Waals surface area contributed by atoms with E-state index in [1.54, 1.807) is 24.6 Å². The number of hydrogen-bond donors (Lipinski definition) is 1. The molecule has 0 spiro atoms. The number of fused-ring (bicyclic) bond motifs is 1. The van der Waals surface area contributed by atoms with E-state index in [-0.39, 0.29) is 0 Å². The van der Waals surface area contributed by atoms with Crippen LogP contribution in [0.2, 0.25) is 0 Å². The van der Waals surface area contributed by atoms with Gasteiger partial charge in [-0.25, -0.2) is 0 Å². The summed E-state index contributed by atoms with van der Waals surface area (Å²) in [4.78, 5) is 4.31. The molecule has 2 heterocycles. The molecule has 0 saturated heterocycles. The van der Waals surface area contributed by atoms with E-state index < -0.39 is 6.10 Å². The molecule has 1 unspecified atom stereocenters. The minimum absolute atomic E-state index is 0.530. The van der Waals surface area contributed by atoms with Crippen molar-refractivity contribution in [1.29, 1.82) is 0 Å². The van der Waals surface area contributed by atoms with E-state index in [1.807, 2.05) is 30.3 Å². The Balaban J connectivity index is 2.06. The first-order valence-electron chi connectivity index (χ1n) is 5.41. The molecule has 0 amide bonds. The molecule has 3 nitrogen and oxygen atoms in total. The van der Waals surface area contributed by atoms with Crippen molar-refractivity contribution in [3.8, 4) is 0 Å². The maximum absolute atomic E-state index is 10.1. The van der Waals surface area contributed by atoms with E-state index in [9.17, 15) is 5.11 Å². The summed E-state index contributed by atoms with van der Waals surface area (Å²) in [6.07, 6.45) is 2.46. The first kappa shape index (κ1) is 10.1. The Morgan fingerprint density at radius 1 is 1.12 bits per heavy atom. The highest BCUT2D eigenvalue weighted by molar-refractivity contribution is 5.78. The third-order valence-electron chi connectivity index (χ3n) is 2.74. The number of aliphatic hydroxyl groups excluding tert-OH is 1. The Kier molecular flexibility index (Phi) is 2.38. The highest BCUT2D eigenvalue weighted by Gasteiger charge is 2.13. The minimum atomic E-state index is -0.762. The Morgan fingerprint density at radius 2 is 2.00 bits per heavy atom. The van der Waals surface area contributed by atoms with Gasteiger partial charge in [-0.05, 0) is 24.3 Å². The number of nitrogens with zero attached hydrogens (tertiary/aromatic N) is 1. The van der Waals surface area contributed by atoms with Crippen LogP contribution >= 0.6 is 0 Å². The number of pyridine rings is 1. The van der Waals surface area contributed by atoms with Gasteiger partial charge in [-0.2, -0.15) is 0 Å². The van der Waals surface area contributed by atoms with Gasteiger partial charge in [-0.15, -0.1) is 0 Å². The molecule has 0 saturated carbocycles. The molecule has 84 valence electrons. The topological polar surface area (TPSA) is 46.3 Å². The summed E-state index contributed by atoms with van der Waals surface area (Å²) < 4.78 is 5.18. The maximum atomic E-state index is 10.1. The molecule has 0 aliphatic heterocycles. The van der Waals surface area contributed by atoms with Crippen molar-refractivity contribution in [2.45, 2.75) is 6.10 Å². The quantitative estimate of drug-likeness (QED) is 0.729. The number of furan rings is 1. The second kappa shape index (κ2) is 4.03. The predicted octanol–water partition coefficient (Wildman–Crippen LogP) is 2.91. The van der Waals surface area contributed by atoms with E-state index in [0.29, 0.717) is 5.76 Å². The van der Waals surface area contributed by atoms with Crippen LogP contribution in [0.1, 0.15) is 17.4 Å². The van der Waals surface area contributed by atoms with Crippen molar-refractivity contribution in [3.63, 3.8) is 0 Å². The van der Waals surface area contributed by atoms with Crippen LogP contribution in [0.5, 0.6) is 0 Å². The van der Waals surface area contributed by atoms with E-state index in [4.69, 9.17) is 4.42 Å². The number of aromatic nitrogens is 1. The number of rotatable bonds is 2. The van der Waals surface area contributed by atoms with Crippen molar-refractivity contribution >= 4 is 10.9 Å². The highest BCUT2D eigenvalue weighted by atomic mass is 16.4. The highest BCUT2D eigenvalue weighted by Crippen LogP contribution is 2.24. The Bertz CT molecular complexity index is 632. The Morgan fingerprint density at radius 3 is 2.82 bits per heavy atom. The summed E-state index contributed by atoms with van der Waals surface area (Å²) in [7, 11) is 0. The molecule has 1 N–H and O–H groups in total. The van der Waals surface area contributed by atoms with Crippen LogP contribution in [-0.2, 0) is 0 Å². The zero-order chi connectivity index (χ0) is 11.7. The maximum Gasteiger partial charge on any atom is 0.138 e. The number of benzene rings is 1. The van der Waals surface area contributed by atoms with E-state index in [1.165, 1.54) is 0 Å². The van der Waals surface area contributed by atoms with Gasteiger partial charge in [0.2, 0.25) is 0 Å². The summed E-state index contributed by atoms with van der Waals surface area (Å²) in [6.45, 7) is 0. The lowest BCUT2D eigenvalue weighted by Crippen LogP contribution is -1.98. The summed E-state index contributed by atoms with van der Waals surface area (Å²) in [5.41, 5.74) is 1.65. The smallest absolute Gasteiger partial charge is 0.138 e. The fraction of sp³-hybridized carbons (Fsp3) is 0.0714. The van der Waals surface area contributed by atoms with Gasteiger partial charge in [-0.1, -0.05) is 18.2 Å². The molecule has 0 aliphatic carbocycles. The fourth-order valence-electron chi connectivity index (χ4n) is 1.85. The summed E-state index contributed by atoms with van der Waals surface area (Å²) in [6, 6.07) is 13.2. The standard InChI is InChI=1S/C14H11NO2/c16-14(13-6-3-7-17-13)11-8-10-4-1-2-5-12(10)15-9-11/h1-9,14,16H. The second-order valence-electron chi connectivity index (χ2n) is 3.88. The molecular weight excluding hydrogens is 214 g/mol. The Labute approximate surface area is 98.3 Å². The molecule has 0 radical (unpaired) electrons. The fourth-order valence-corrected chi connectivity index (χ4v) is 1.85. The van der Waals surface area contributed by atoms with Crippen molar-refractivity contribution < 1.29 is 9.52 Å². The average Bonchev–Trinajstić information content (AvgIpc) is 2.91. The van der Waals surface area contributed by atoms with E-state index in [2.05, 4.69) is 4.98 Å². The normalized spacial score (nSPS) is 12.8. The van der Waals surface area contributed by atoms with Crippen molar-refractivity contribution in [3.05, 3.63) is 66.2 Å². The number of hydrogen-bond acceptors (Lipinski definition) is 3. The summed E-state index contributed by atoms with van der Waals surface area (Å²) in [5.74, 6) is 0.530. The summed E-state index contributed by atoms with van der Waals surface area (Å²) in [5, 5.41) is 11.1. The number of para-hydroxylation sites is 1. The molecular formula is C14H11NO2. The third kappa shape index (κ3) is 1.81. The number of aliphatic hydroxyl groups is 1. The van der Waals surface area contributed by atoms with Crippen molar-refractivity contribution in [2.24, 2.45) is 0 Å². The molecule has 17 heavy (non-hydrogen) atoms. The second-order valence-corrected chi connectivity index (χ2v) is 3.88. The first-order chi connectivity index (χ1) is 8.34. The monoisotopic (exact) mass is 225 g/mol. The van der Waals surface area contributed by atoms with Gasteiger partial charge in [-0.3, -0.25) is 4.98 Å². The third-order valence-corrected chi connectivity index (χ3v) is 2.74. The molecule has 3 heteroatoms. The SMILES string of the molecule is OC(c1cnc2ccccc2c1)c1ccco1. The van der Waals surface area contributed by atoms with E-state index >= 15 is 0 Å². The summed E-state index contributed by atoms with van der Waals surface area (Å²) >= 11 is 0. The van der Waals surface area contributed by atoms with Gasteiger partial charge in [0, 0.05) is 17.1 Å². The van der Waals surface area contributed by atoms with Crippen LogP contribution < -0.4 is 0 Å². The lowest BCUT2D eigenvalue weighted by molar-refractivity contribution is 0.189. The zero-order valence-electron chi connectivity index (χ0n) is 9.08. The molecule has 3 aromatic rings. The van der Waals surface area contributed by atoms with Crippen LogP contribution in [-0.4, -0.2) is 10.1 Å².